The number of hydrogen-bond donors (Lipinski definition) is 8. The van der Waals surface area contributed by atoms with E-state index in [0.29, 0.717) is 28.7 Å². The number of ether oxygens (including phenoxy) is 2. The fraction of sp³-hybridized carbons (Fsp3) is 0.162. The van der Waals surface area contributed by atoms with Crippen LogP contribution in [0.4, 0.5) is 52.0 Å². The molecule has 366 valence electrons. The number of fused-ring (bicyclic) bond motifs is 1. The summed E-state index contributed by atoms with van der Waals surface area (Å²) in [5.74, 6) is -1.54. The van der Waals surface area contributed by atoms with Gasteiger partial charge < -0.3 is 25.4 Å². The van der Waals surface area contributed by atoms with Crippen LogP contribution in [0.5, 0.6) is 11.5 Å². The van der Waals surface area contributed by atoms with Crippen molar-refractivity contribution in [2.24, 2.45) is 20.5 Å². The van der Waals surface area contributed by atoms with Gasteiger partial charge in [-0.2, -0.15) is 69.1 Å². The lowest BCUT2D eigenvalue weighted by Crippen LogP contribution is -2.17. The van der Waals surface area contributed by atoms with Gasteiger partial charge in [0.05, 0.1) is 76.3 Å². The zero-order valence-corrected chi connectivity index (χ0v) is 39.1. The van der Waals surface area contributed by atoms with Crippen molar-refractivity contribution >= 4 is 115 Å². The first-order valence-electron chi connectivity index (χ1n) is 19.1. The van der Waals surface area contributed by atoms with Crippen molar-refractivity contribution in [3.63, 3.8) is 0 Å². The molecule has 32 heteroatoms. The van der Waals surface area contributed by atoms with Gasteiger partial charge in [0.15, 0.2) is 0 Å². The Kier molecular flexibility index (Phi) is 16.7. The molecule has 0 aliphatic carbocycles. The van der Waals surface area contributed by atoms with Crippen LogP contribution in [0.2, 0.25) is 0 Å². The SMILES string of the molecule is COc1cc(N=Nc2ccc3cc(S(=O)(=O)O)cc(S(=O)(=O)O)c3c2)ccc1Nc1nc(NCCS(=O)(=O)O)nc(Nc2ccc(N=Nc3cccc(SOOO)c3)cc2OCCCS(=O)(=O)O)n1. The number of nitrogens with one attached hydrogen (secondary N) is 3. The van der Waals surface area contributed by atoms with Gasteiger partial charge in [-0.25, -0.2) is 5.26 Å². The topological polar surface area (TPSA) is 399 Å². The predicted molar refractivity (Wildman–Crippen MR) is 246 cm³/mol. The Labute approximate surface area is 396 Å². The van der Waals surface area contributed by atoms with Crippen molar-refractivity contribution in [1.29, 1.82) is 0 Å². The third kappa shape index (κ3) is 15.7. The summed E-state index contributed by atoms with van der Waals surface area (Å²) in [4.78, 5) is 12.0. The lowest BCUT2D eigenvalue weighted by molar-refractivity contribution is -0.432. The van der Waals surface area contributed by atoms with Crippen molar-refractivity contribution in [3.8, 4) is 11.5 Å². The quantitative estimate of drug-likeness (QED) is 0.00783. The third-order valence-corrected chi connectivity index (χ3v) is 12.5. The first kappa shape index (κ1) is 51.8. The van der Waals surface area contributed by atoms with Gasteiger partial charge in [-0.3, -0.25) is 18.2 Å². The second kappa shape index (κ2) is 22.2. The maximum Gasteiger partial charge on any atom is 0.295 e. The standard InChI is InChI=1S/C37H36N10O17S5/c1-61-32-19-25(46-45-24-7-6-22-16-28(68(55,56)57)21-34(29(22)18-24)69(58,59)60)8-10-30(32)39-36-41-35(38-12-15-67(52,53)54)42-37(43-36)40-31-11-9-26(20-33(31)62-13-3-14-66(49,50)51)47-44-23-4-2-5-27(17-23)65-64-63-48/h2,4-11,16-21,48H,3,12-15H2,1H3,(H,49,50,51)(H,52,53,54)(H,55,56,57)(H,58,59,60)(H3,38,39,40,41,42,43). The van der Waals surface area contributed by atoms with Crippen LogP contribution < -0.4 is 25.4 Å². The maximum absolute atomic E-state index is 12.1. The van der Waals surface area contributed by atoms with E-state index in [1.54, 1.807) is 24.3 Å². The first-order valence-corrected chi connectivity index (χ1v) is 25.9. The van der Waals surface area contributed by atoms with Crippen molar-refractivity contribution in [3.05, 3.63) is 91.0 Å². The van der Waals surface area contributed by atoms with Gasteiger partial charge in [0.2, 0.25) is 17.8 Å². The molecule has 0 radical (unpaired) electrons. The Morgan fingerprint density at radius 3 is 1.77 bits per heavy atom. The summed E-state index contributed by atoms with van der Waals surface area (Å²) in [6, 6.07) is 21.0. The molecular formula is C37H36N10O17S5. The third-order valence-electron chi connectivity index (χ3n) is 8.72. The molecule has 69 heavy (non-hydrogen) atoms. The number of rotatable bonds is 23. The van der Waals surface area contributed by atoms with Gasteiger partial charge >= 0.3 is 0 Å². The largest absolute Gasteiger partial charge is 0.494 e. The molecule has 27 nitrogen and oxygen atoms in total. The van der Waals surface area contributed by atoms with Gasteiger partial charge in [0.25, 0.3) is 40.5 Å². The molecule has 0 bridgehead atoms. The molecule has 0 fully saturated rings. The smallest absolute Gasteiger partial charge is 0.295 e. The van der Waals surface area contributed by atoms with Gasteiger partial charge in [0, 0.05) is 29.0 Å². The molecule has 6 aromatic rings. The maximum atomic E-state index is 12.1. The minimum Gasteiger partial charge on any atom is -0.494 e. The van der Waals surface area contributed by atoms with Gasteiger partial charge in [-0.15, -0.1) is 4.33 Å². The molecule has 0 spiro atoms. The van der Waals surface area contributed by atoms with Crippen LogP contribution in [0.1, 0.15) is 6.42 Å². The molecule has 1 heterocycles. The molecule has 6 rings (SSSR count). The van der Waals surface area contributed by atoms with Crippen molar-refractivity contribution < 1.29 is 76.0 Å². The molecule has 1 aromatic heterocycles. The second-order valence-electron chi connectivity index (χ2n) is 13.7. The van der Waals surface area contributed by atoms with Crippen molar-refractivity contribution in [2.45, 2.75) is 21.1 Å². The van der Waals surface area contributed by atoms with E-state index in [1.807, 2.05) is 0 Å². The molecule has 5 aromatic carbocycles. The first-order chi connectivity index (χ1) is 32.5. The number of aromatic nitrogens is 3. The van der Waals surface area contributed by atoms with Crippen molar-refractivity contribution in [2.75, 3.05) is 47.7 Å². The van der Waals surface area contributed by atoms with Crippen molar-refractivity contribution in [1.82, 2.24) is 15.0 Å². The summed E-state index contributed by atoms with van der Waals surface area (Å²) in [7, 11) is -17.2. The monoisotopic (exact) mass is 1050 g/mol. The summed E-state index contributed by atoms with van der Waals surface area (Å²) in [5.41, 5.74) is 1.41. The van der Waals surface area contributed by atoms with Crippen LogP contribution in [0.15, 0.2) is 126 Å². The molecule has 8 N–H and O–H groups in total. The minimum absolute atomic E-state index is 0.0447. The highest BCUT2D eigenvalue weighted by molar-refractivity contribution is 7.94. The van der Waals surface area contributed by atoms with E-state index < -0.39 is 61.8 Å². The van der Waals surface area contributed by atoms with Gasteiger partial charge in [0.1, 0.15) is 16.4 Å². The highest BCUT2D eigenvalue weighted by Gasteiger charge is 2.21. The Bertz CT molecular complexity index is 3390. The van der Waals surface area contributed by atoms with Crippen LogP contribution in [0, 0.1) is 0 Å². The zero-order chi connectivity index (χ0) is 50.0. The summed E-state index contributed by atoms with van der Waals surface area (Å²) in [6.07, 6.45) is -0.109. The Hall–Kier alpha value is -6.56. The number of nitrogens with zero attached hydrogens (tertiary/aromatic N) is 7. The Morgan fingerprint density at radius 2 is 1.19 bits per heavy atom. The van der Waals surface area contributed by atoms with E-state index in [-0.39, 0.29) is 88.1 Å². The van der Waals surface area contributed by atoms with E-state index in [1.165, 1.54) is 61.7 Å². The summed E-state index contributed by atoms with van der Waals surface area (Å²) >= 11 is 0.712. The average molecular weight is 1050 g/mol. The summed E-state index contributed by atoms with van der Waals surface area (Å²) < 4.78 is 147. The number of hydrogen-bond acceptors (Lipinski definition) is 24. The van der Waals surface area contributed by atoms with E-state index >= 15 is 0 Å². The fourth-order valence-electron chi connectivity index (χ4n) is 5.76. The van der Waals surface area contributed by atoms with E-state index in [4.69, 9.17) is 14.7 Å². The summed E-state index contributed by atoms with van der Waals surface area (Å²) in [6.45, 7) is -0.531. The highest BCUT2D eigenvalue weighted by atomic mass is 32.2. The molecule has 0 aliphatic rings. The number of methoxy groups -OCH3 is 1. The lowest BCUT2D eigenvalue weighted by atomic mass is 10.1. The second-order valence-corrected chi connectivity index (χ2v) is 20.5. The Balaban J connectivity index is 1.29. The highest BCUT2D eigenvalue weighted by Crippen LogP contribution is 2.36. The van der Waals surface area contributed by atoms with E-state index in [0.717, 1.165) is 6.07 Å². The molecule has 0 aliphatic heterocycles. The van der Waals surface area contributed by atoms with Gasteiger partial charge in [-0.1, -0.05) is 17.2 Å². The molecule has 0 unspecified atom stereocenters. The summed E-state index contributed by atoms with van der Waals surface area (Å²) in [5, 5.41) is 37.3. The van der Waals surface area contributed by atoms with Crippen LogP contribution in [-0.4, -0.2) is 104 Å². The Morgan fingerprint density at radius 1 is 0.623 bits per heavy atom. The minimum atomic E-state index is -4.97. The lowest BCUT2D eigenvalue weighted by Gasteiger charge is -2.15. The number of anilines is 5. The number of benzene rings is 5. The van der Waals surface area contributed by atoms with Crippen LogP contribution in [-0.2, 0) is 49.8 Å². The molecule has 0 saturated carbocycles. The molecule has 0 saturated heterocycles. The van der Waals surface area contributed by atoms with Crippen LogP contribution in [0.3, 0.4) is 0 Å². The molecule has 0 atom stereocenters. The predicted octanol–water partition coefficient (Wildman–Crippen LogP) is 7.23. The fourth-order valence-corrected chi connectivity index (χ4v) is 8.36. The normalized spacial score (nSPS) is 12.4. The molecule has 0 amide bonds. The average Bonchev–Trinajstić information content (AvgIpc) is 3.27. The van der Waals surface area contributed by atoms with Gasteiger partial charge in [-0.05, 0) is 78.5 Å². The molecular weight excluding hydrogens is 1020 g/mol. The zero-order valence-electron chi connectivity index (χ0n) is 35.0. The van der Waals surface area contributed by atoms with Crippen LogP contribution in [0.25, 0.3) is 10.8 Å². The van der Waals surface area contributed by atoms with E-state index in [9.17, 15) is 51.9 Å². The van der Waals surface area contributed by atoms with Crippen LogP contribution >= 0.6 is 12.0 Å². The van der Waals surface area contributed by atoms with E-state index in [2.05, 4.69) is 60.7 Å². The number of azo groups is 2.